The molecule has 0 aliphatic rings. The molecular weight excluding hydrogens is 422 g/mol. The van der Waals surface area contributed by atoms with Crippen molar-refractivity contribution in [2.45, 2.75) is 24.3 Å². The molecule has 0 aliphatic carbocycles. The second-order valence-electron chi connectivity index (χ2n) is 7.10. The van der Waals surface area contributed by atoms with E-state index < -0.39 is 5.25 Å². The number of Topliss-reactive ketones (excluding diaryl/α,β-unsaturated/α-hetero) is 1. The lowest BCUT2D eigenvalue weighted by atomic mass is 10.1. The number of hydrogen-bond donors (Lipinski definition) is 1. The van der Waals surface area contributed by atoms with Gasteiger partial charge in [0.2, 0.25) is 5.91 Å². The van der Waals surface area contributed by atoms with E-state index in [4.69, 9.17) is 0 Å². The first kappa shape index (κ1) is 21.5. The fourth-order valence-corrected chi connectivity index (χ4v) is 3.98. The Labute approximate surface area is 189 Å². The molecule has 160 valence electrons. The number of ketones is 1. The molecule has 4 rings (SSSR count). The third-order valence-corrected chi connectivity index (χ3v) is 5.82. The molecule has 2 heterocycles. The molecule has 32 heavy (non-hydrogen) atoms. The Hall–Kier alpha value is -3.78. The molecule has 0 spiro atoms. The van der Waals surface area contributed by atoms with E-state index in [9.17, 15) is 9.59 Å². The molecule has 7 nitrogen and oxygen atoms in total. The van der Waals surface area contributed by atoms with Crippen LogP contribution < -0.4 is 5.32 Å². The van der Waals surface area contributed by atoms with Crippen molar-refractivity contribution >= 4 is 29.1 Å². The van der Waals surface area contributed by atoms with Crippen molar-refractivity contribution in [3.05, 3.63) is 84.7 Å². The van der Waals surface area contributed by atoms with Gasteiger partial charge in [0.25, 0.3) is 0 Å². The summed E-state index contributed by atoms with van der Waals surface area (Å²) in [5, 5.41) is 11.8. The minimum absolute atomic E-state index is 0.0527. The van der Waals surface area contributed by atoms with Gasteiger partial charge >= 0.3 is 0 Å². The standard InChI is InChI=1S/C24H21N5O2S/c1-16(30)19-7-6-8-20(15-19)26-23(31)17(2)32-24-28-27-22(18-11-13-25-14-12-18)29(24)21-9-4-3-5-10-21/h3-15,17H,1-2H3,(H,26,31). The van der Waals surface area contributed by atoms with Crippen molar-refractivity contribution < 1.29 is 9.59 Å². The van der Waals surface area contributed by atoms with Crippen LogP contribution in [0.3, 0.4) is 0 Å². The number of carbonyl (C=O) groups excluding carboxylic acids is 2. The van der Waals surface area contributed by atoms with Gasteiger partial charge in [-0.05, 0) is 50.2 Å². The van der Waals surface area contributed by atoms with Crippen LogP contribution in [0.25, 0.3) is 17.1 Å². The molecule has 0 saturated heterocycles. The summed E-state index contributed by atoms with van der Waals surface area (Å²) in [6.07, 6.45) is 3.41. The van der Waals surface area contributed by atoms with Gasteiger partial charge in [0.15, 0.2) is 16.8 Å². The number of anilines is 1. The van der Waals surface area contributed by atoms with Crippen LogP contribution in [0.1, 0.15) is 24.2 Å². The molecule has 1 amide bonds. The third kappa shape index (κ3) is 4.76. The summed E-state index contributed by atoms with van der Waals surface area (Å²) in [4.78, 5) is 28.5. The number of nitrogens with zero attached hydrogens (tertiary/aromatic N) is 4. The van der Waals surface area contributed by atoms with E-state index in [1.807, 2.05) is 54.0 Å². The zero-order chi connectivity index (χ0) is 22.5. The van der Waals surface area contributed by atoms with Crippen LogP contribution in [0.4, 0.5) is 5.69 Å². The van der Waals surface area contributed by atoms with Crippen LogP contribution in [-0.4, -0.2) is 36.7 Å². The lowest BCUT2D eigenvalue weighted by molar-refractivity contribution is -0.115. The van der Waals surface area contributed by atoms with Crippen molar-refractivity contribution in [2.24, 2.45) is 0 Å². The molecule has 2 aromatic carbocycles. The van der Waals surface area contributed by atoms with Crippen molar-refractivity contribution in [3.63, 3.8) is 0 Å². The van der Waals surface area contributed by atoms with Gasteiger partial charge in [0, 0.05) is 34.9 Å². The van der Waals surface area contributed by atoms with Crippen molar-refractivity contribution in [2.75, 3.05) is 5.32 Å². The van der Waals surface area contributed by atoms with E-state index in [2.05, 4.69) is 20.5 Å². The Morgan fingerprint density at radius 1 is 0.969 bits per heavy atom. The van der Waals surface area contributed by atoms with Gasteiger partial charge in [-0.2, -0.15) is 0 Å². The maximum absolute atomic E-state index is 12.8. The summed E-state index contributed by atoms with van der Waals surface area (Å²) >= 11 is 1.31. The average Bonchev–Trinajstić information content (AvgIpc) is 3.23. The zero-order valence-electron chi connectivity index (χ0n) is 17.6. The van der Waals surface area contributed by atoms with Gasteiger partial charge < -0.3 is 5.32 Å². The van der Waals surface area contributed by atoms with Gasteiger partial charge in [-0.25, -0.2) is 0 Å². The highest BCUT2D eigenvalue weighted by Crippen LogP contribution is 2.30. The molecule has 0 radical (unpaired) electrons. The number of thioether (sulfide) groups is 1. The molecule has 0 aliphatic heterocycles. The Morgan fingerprint density at radius 2 is 1.72 bits per heavy atom. The van der Waals surface area contributed by atoms with E-state index in [-0.39, 0.29) is 11.7 Å². The topological polar surface area (TPSA) is 89.8 Å². The summed E-state index contributed by atoms with van der Waals surface area (Å²) in [5.74, 6) is 0.426. The molecule has 1 N–H and O–H groups in total. The summed E-state index contributed by atoms with van der Waals surface area (Å²) in [5.41, 5.74) is 2.90. The fraction of sp³-hybridized carbons (Fsp3) is 0.125. The first-order chi connectivity index (χ1) is 15.5. The first-order valence-corrected chi connectivity index (χ1v) is 10.9. The predicted octanol–water partition coefficient (Wildman–Crippen LogP) is 4.65. The number of benzene rings is 2. The minimum atomic E-state index is -0.451. The quantitative estimate of drug-likeness (QED) is 0.330. The number of amides is 1. The van der Waals surface area contributed by atoms with Gasteiger partial charge in [-0.1, -0.05) is 42.1 Å². The number of para-hydroxylation sites is 1. The lowest BCUT2D eigenvalue weighted by Crippen LogP contribution is -2.23. The van der Waals surface area contributed by atoms with Gasteiger partial charge in [0.1, 0.15) is 0 Å². The molecule has 2 aromatic heterocycles. The second-order valence-corrected chi connectivity index (χ2v) is 8.41. The number of aromatic nitrogens is 4. The minimum Gasteiger partial charge on any atom is -0.325 e. The SMILES string of the molecule is CC(=O)c1cccc(NC(=O)C(C)Sc2nnc(-c3ccncc3)n2-c2ccccc2)c1. The summed E-state index contributed by atoms with van der Waals surface area (Å²) in [6, 6.07) is 20.4. The average molecular weight is 444 g/mol. The van der Waals surface area contributed by atoms with Crippen LogP contribution in [-0.2, 0) is 4.79 Å². The van der Waals surface area contributed by atoms with Crippen LogP contribution in [0.5, 0.6) is 0 Å². The molecule has 0 fully saturated rings. The molecule has 0 saturated carbocycles. The molecule has 1 atom stereocenters. The molecule has 8 heteroatoms. The van der Waals surface area contributed by atoms with Gasteiger partial charge in [0.05, 0.1) is 5.25 Å². The molecule has 4 aromatic rings. The normalized spacial score (nSPS) is 11.7. The second kappa shape index (κ2) is 9.57. The van der Waals surface area contributed by atoms with Crippen LogP contribution in [0, 0.1) is 0 Å². The number of pyridine rings is 1. The smallest absolute Gasteiger partial charge is 0.237 e. The number of carbonyl (C=O) groups is 2. The van der Waals surface area contributed by atoms with Crippen molar-refractivity contribution in [1.82, 2.24) is 19.7 Å². The molecular formula is C24H21N5O2S. The van der Waals surface area contributed by atoms with E-state index in [0.29, 0.717) is 22.2 Å². The summed E-state index contributed by atoms with van der Waals surface area (Å²) in [7, 11) is 0. The van der Waals surface area contributed by atoms with Gasteiger partial charge in [-0.3, -0.25) is 19.1 Å². The lowest BCUT2D eigenvalue weighted by Gasteiger charge is -2.14. The Kier molecular flexibility index (Phi) is 6.42. The highest BCUT2D eigenvalue weighted by molar-refractivity contribution is 8.00. The Bertz CT molecular complexity index is 1240. The van der Waals surface area contributed by atoms with Crippen LogP contribution in [0.2, 0.25) is 0 Å². The van der Waals surface area contributed by atoms with E-state index in [1.54, 1.807) is 36.7 Å². The Morgan fingerprint density at radius 3 is 2.44 bits per heavy atom. The van der Waals surface area contributed by atoms with Crippen molar-refractivity contribution in [3.8, 4) is 17.1 Å². The molecule has 0 bridgehead atoms. The van der Waals surface area contributed by atoms with Crippen LogP contribution in [0.15, 0.2) is 84.3 Å². The van der Waals surface area contributed by atoms with Crippen LogP contribution >= 0.6 is 11.8 Å². The fourth-order valence-electron chi connectivity index (χ4n) is 3.12. The maximum Gasteiger partial charge on any atom is 0.237 e. The third-order valence-electron chi connectivity index (χ3n) is 4.77. The van der Waals surface area contributed by atoms with Crippen molar-refractivity contribution in [1.29, 1.82) is 0 Å². The van der Waals surface area contributed by atoms with E-state index >= 15 is 0 Å². The zero-order valence-corrected chi connectivity index (χ0v) is 18.4. The number of hydrogen-bond acceptors (Lipinski definition) is 6. The highest BCUT2D eigenvalue weighted by Gasteiger charge is 2.22. The largest absolute Gasteiger partial charge is 0.325 e. The van der Waals surface area contributed by atoms with E-state index in [0.717, 1.165) is 11.3 Å². The molecule has 1 unspecified atom stereocenters. The first-order valence-electron chi connectivity index (χ1n) is 10.0. The number of nitrogens with one attached hydrogen (secondary N) is 1. The monoisotopic (exact) mass is 443 g/mol. The maximum atomic E-state index is 12.8. The highest BCUT2D eigenvalue weighted by atomic mass is 32.2. The predicted molar refractivity (Wildman–Crippen MR) is 125 cm³/mol. The summed E-state index contributed by atoms with van der Waals surface area (Å²) in [6.45, 7) is 3.31. The summed E-state index contributed by atoms with van der Waals surface area (Å²) < 4.78 is 1.93. The van der Waals surface area contributed by atoms with Gasteiger partial charge in [-0.15, -0.1) is 10.2 Å². The number of rotatable bonds is 7. The van der Waals surface area contributed by atoms with E-state index in [1.165, 1.54) is 18.7 Å². The Balaban J connectivity index is 1.60.